The smallest absolute Gasteiger partial charge is 0.127 e. The Labute approximate surface area is 151 Å². The molecule has 0 bridgehead atoms. The largest absolute Gasteiger partial charge is 0.457 e. The van der Waals surface area contributed by atoms with Crippen LogP contribution in [0, 0.1) is 5.92 Å². The molecule has 0 radical (unpaired) electrons. The van der Waals surface area contributed by atoms with Gasteiger partial charge in [-0.3, -0.25) is 0 Å². The summed E-state index contributed by atoms with van der Waals surface area (Å²) >= 11 is 0. The predicted molar refractivity (Wildman–Crippen MR) is 102 cm³/mol. The third-order valence-corrected chi connectivity index (χ3v) is 4.67. The highest BCUT2D eigenvalue weighted by molar-refractivity contribution is 5.33. The summed E-state index contributed by atoms with van der Waals surface area (Å²) in [6.45, 7) is 6.45. The first-order valence-corrected chi connectivity index (χ1v) is 9.17. The first-order chi connectivity index (χ1) is 11.9. The van der Waals surface area contributed by atoms with Crippen molar-refractivity contribution in [2.24, 2.45) is 5.92 Å². The number of aliphatic hydroxyl groups is 1. The molecule has 3 nitrogen and oxygen atoms in total. The van der Waals surface area contributed by atoms with Crippen molar-refractivity contribution in [3.05, 3.63) is 60.2 Å². The van der Waals surface area contributed by atoms with Gasteiger partial charge in [0.2, 0.25) is 0 Å². The third-order valence-electron chi connectivity index (χ3n) is 4.67. The van der Waals surface area contributed by atoms with Crippen molar-refractivity contribution < 1.29 is 9.84 Å². The summed E-state index contributed by atoms with van der Waals surface area (Å²) in [4.78, 5) is 0. The highest BCUT2D eigenvalue weighted by Crippen LogP contribution is 2.31. The van der Waals surface area contributed by atoms with Crippen molar-refractivity contribution in [2.75, 3.05) is 0 Å². The van der Waals surface area contributed by atoms with Crippen molar-refractivity contribution in [3.63, 3.8) is 0 Å². The van der Waals surface area contributed by atoms with Crippen LogP contribution in [0.5, 0.6) is 11.5 Å². The molecule has 2 aromatic carbocycles. The van der Waals surface area contributed by atoms with Crippen LogP contribution in [0.1, 0.15) is 39.2 Å². The van der Waals surface area contributed by atoms with E-state index in [9.17, 15) is 5.11 Å². The first-order valence-electron chi connectivity index (χ1n) is 9.17. The summed E-state index contributed by atoms with van der Waals surface area (Å²) in [6, 6.07) is 18.3. The topological polar surface area (TPSA) is 41.5 Å². The number of ether oxygens (including phenoxy) is 1. The standard InChI is InChI=1S/C22H29NO2/c1-22(2,3)23-20-14-17(15-21(20)24)13-16-9-11-19(12-10-16)25-18-7-5-4-6-8-18/h4-12,17,20-21,23-24H,13-15H2,1-3H3. The van der Waals surface area contributed by atoms with Gasteiger partial charge in [-0.25, -0.2) is 0 Å². The average Bonchev–Trinajstić information content (AvgIpc) is 2.88. The molecule has 0 aromatic heterocycles. The Morgan fingerprint density at radius 1 is 0.960 bits per heavy atom. The summed E-state index contributed by atoms with van der Waals surface area (Å²) < 4.78 is 5.84. The number of hydrogen-bond donors (Lipinski definition) is 2. The summed E-state index contributed by atoms with van der Waals surface area (Å²) in [6.07, 6.45) is 2.66. The van der Waals surface area contributed by atoms with E-state index in [2.05, 4.69) is 38.2 Å². The minimum absolute atomic E-state index is 0.0387. The van der Waals surface area contributed by atoms with Gasteiger partial charge in [-0.15, -0.1) is 0 Å². The molecule has 0 aliphatic heterocycles. The van der Waals surface area contributed by atoms with Crippen molar-refractivity contribution in [1.29, 1.82) is 0 Å². The molecule has 2 aromatic rings. The second kappa shape index (κ2) is 7.59. The van der Waals surface area contributed by atoms with E-state index >= 15 is 0 Å². The van der Waals surface area contributed by atoms with Gasteiger partial charge in [-0.2, -0.15) is 0 Å². The molecule has 3 unspecified atom stereocenters. The van der Waals surface area contributed by atoms with Crippen molar-refractivity contribution >= 4 is 0 Å². The van der Waals surface area contributed by atoms with Gasteiger partial charge in [-0.05, 0) is 75.8 Å². The zero-order valence-electron chi connectivity index (χ0n) is 15.4. The fourth-order valence-electron chi connectivity index (χ4n) is 3.65. The maximum absolute atomic E-state index is 10.3. The molecule has 1 aliphatic rings. The molecule has 25 heavy (non-hydrogen) atoms. The maximum atomic E-state index is 10.3. The Balaban J connectivity index is 1.55. The molecule has 0 spiro atoms. The van der Waals surface area contributed by atoms with Gasteiger partial charge >= 0.3 is 0 Å². The van der Waals surface area contributed by atoms with Crippen molar-refractivity contribution in [2.45, 2.75) is 57.7 Å². The summed E-state index contributed by atoms with van der Waals surface area (Å²) in [7, 11) is 0. The molecule has 1 fully saturated rings. The highest BCUT2D eigenvalue weighted by Gasteiger charge is 2.34. The molecule has 0 heterocycles. The van der Waals surface area contributed by atoms with Gasteiger partial charge < -0.3 is 15.2 Å². The van der Waals surface area contributed by atoms with E-state index in [1.54, 1.807) is 0 Å². The van der Waals surface area contributed by atoms with Gasteiger partial charge in [0.1, 0.15) is 11.5 Å². The van der Waals surface area contributed by atoms with Crippen molar-refractivity contribution in [1.82, 2.24) is 5.32 Å². The minimum Gasteiger partial charge on any atom is -0.457 e. The van der Waals surface area contributed by atoms with Crippen LogP contribution in [-0.2, 0) is 6.42 Å². The Hall–Kier alpha value is -1.84. The Bertz CT molecular complexity index is 661. The van der Waals surface area contributed by atoms with E-state index < -0.39 is 0 Å². The average molecular weight is 339 g/mol. The number of hydrogen-bond acceptors (Lipinski definition) is 3. The molecule has 1 saturated carbocycles. The quantitative estimate of drug-likeness (QED) is 0.840. The van der Waals surface area contributed by atoms with Gasteiger partial charge in [-0.1, -0.05) is 30.3 Å². The minimum atomic E-state index is -0.245. The van der Waals surface area contributed by atoms with Crippen LogP contribution in [0.2, 0.25) is 0 Å². The fraction of sp³-hybridized carbons (Fsp3) is 0.455. The van der Waals surface area contributed by atoms with Crippen molar-refractivity contribution in [3.8, 4) is 11.5 Å². The number of benzene rings is 2. The molecule has 1 aliphatic carbocycles. The number of para-hydroxylation sites is 1. The van der Waals surface area contributed by atoms with Crippen LogP contribution in [0.4, 0.5) is 0 Å². The van der Waals surface area contributed by atoms with Gasteiger partial charge in [0.25, 0.3) is 0 Å². The molecule has 0 amide bonds. The van der Waals surface area contributed by atoms with E-state index in [1.807, 2.05) is 42.5 Å². The van der Waals surface area contributed by atoms with E-state index in [1.165, 1.54) is 5.56 Å². The highest BCUT2D eigenvalue weighted by atomic mass is 16.5. The van der Waals surface area contributed by atoms with Crippen LogP contribution in [-0.4, -0.2) is 22.8 Å². The lowest BCUT2D eigenvalue weighted by atomic mass is 9.97. The molecule has 3 heteroatoms. The second-order valence-electron chi connectivity index (χ2n) is 8.17. The zero-order valence-corrected chi connectivity index (χ0v) is 15.4. The number of rotatable bonds is 5. The van der Waals surface area contributed by atoms with Gasteiger partial charge in [0.15, 0.2) is 0 Å². The molecular weight excluding hydrogens is 310 g/mol. The monoisotopic (exact) mass is 339 g/mol. The SMILES string of the molecule is CC(C)(C)NC1CC(Cc2ccc(Oc3ccccc3)cc2)CC1O. The number of aliphatic hydroxyl groups excluding tert-OH is 1. The molecule has 2 N–H and O–H groups in total. The van der Waals surface area contributed by atoms with Crippen LogP contribution in [0.25, 0.3) is 0 Å². The van der Waals surface area contributed by atoms with Gasteiger partial charge in [0.05, 0.1) is 6.10 Å². The lowest BCUT2D eigenvalue weighted by molar-refractivity contribution is 0.133. The summed E-state index contributed by atoms with van der Waals surface area (Å²) in [5.74, 6) is 2.23. The van der Waals surface area contributed by atoms with Crippen LogP contribution >= 0.6 is 0 Å². The van der Waals surface area contributed by atoms with Crippen LogP contribution < -0.4 is 10.1 Å². The summed E-state index contributed by atoms with van der Waals surface area (Å²) in [5, 5.41) is 13.9. The lowest BCUT2D eigenvalue weighted by Gasteiger charge is -2.27. The number of nitrogens with one attached hydrogen (secondary N) is 1. The Morgan fingerprint density at radius 2 is 1.60 bits per heavy atom. The molecule has 3 rings (SSSR count). The van der Waals surface area contributed by atoms with E-state index in [0.717, 1.165) is 30.8 Å². The predicted octanol–water partition coefficient (Wildman–Crippen LogP) is 4.55. The van der Waals surface area contributed by atoms with E-state index in [-0.39, 0.29) is 17.7 Å². The normalized spacial score (nSPS) is 23.6. The third kappa shape index (κ3) is 5.32. The zero-order chi connectivity index (χ0) is 17.9. The van der Waals surface area contributed by atoms with Crippen LogP contribution in [0.3, 0.4) is 0 Å². The summed E-state index contributed by atoms with van der Waals surface area (Å²) in [5.41, 5.74) is 1.34. The second-order valence-corrected chi connectivity index (χ2v) is 8.17. The van der Waals surface area contributed by atoms with Gasteiger partial charge in [0, 0.05) is 11.6 Å². The molecule has 0 saturated heterocycles. The maximum Gasteiger partial charge on any atom is 0.127 e. The molecular formula is C22H29NO2. The molecule has 3 atom stereocenters. The van der Waals surface area contributed by atoms with E-state index in [4.69, 9.17) is 4.74 Å². The Kier molecular flexibility index (Phi) is 5.45. The van der Waals surface area contributed by atoms with E-state index in [0.29, 0.717) is 5.92 Å². The fourth-order valence-corrected chi connectivity index (χ4v) is 3.65. The lowest BCUT2D eigenvalue weighted by Crippen LogP contribution is -2.47. The van der Waals surface area contributed by atoms with Crippen LogP contribution in [0.15, 0.2) is 54.6 Å². The Morgan fingerprint density at radius 3 is 2.24 bits per heavy atom. The first kappa shape index (κ1) is 18.0. The molecule has 134 valence electrons.